The standard InChI is InChI=1S/C10H19N3/c1-8(2)10-9(7-12-13-10)5-4-6-11-3/h7-8,11H,4-6H2,1-3H3,(H,12,13). The van der Waals surface area contributed by atoms with Crippen LogP contribution in [-0.4, -0.2) is 23.8 Å². The Morgan fingerprint density at radius 1 is 1.54 bits per heavy atom. The first kappa shape index (κ1) is 10.3. The molecule has 0 spiro atoms. The summed E-state index contributed by atoms with van der Waals surface area (Å²) in [7, 11) is 1.98. The van der Waals surface area contributed by atoms with Crippen molar-refractivity contribution < 1.29 is 0 Å². The minimum Gasteiger partial charge on any atom is -0.320 e. The van der Waals surface area contributed by atoms with Gasteiger partial charge in [-0.05, 0) is 37.9 Å². The van der Waals surface area contributed by atoms with E-state index >= 15 is 0 Å². The average Bonchev–Trinajstić information content (AvgIpc) is 2.53. The van der Waals surface area contributed by atoms with Crippen molar-refractivity contribution in [1.29, 1.82) is 0 Å². The summed E-state index contributed by atoms with van der Waals surface area (Å²) in [5.74, 6) is 0.548. The molecule has 74 valence electrons. The number of aromatic amines is 1. The van der Waals surface area contributed by atoms with E-state index in [1.165, 1.54) is 17.7 Å². The Balaban J connectivity index is 2.50. The van der Waals surface area contributed by atoms with Crippen LogP contribution in [0.5, 0.6) is 0 Å². The molecule has 1 aromatic heterocycles. The molecule has 0 radical (unpaired) electrons. The van der Waals surface area contributed by atoms with Crippen molar-refractivity contribution in [2.75, 3.05) is 13.6 Å². The van der Waals surface area contributed by atoms with Crippen LogP contribution in [0.1, 0.15) is 37.4 Å². The van der Waals surface area contributed by atoms with E-state index in [1.54, 1.807) is 0 Å². The molecule has 0 saturated carbocycles. The topological polar surface area (TPSA) is 40.7 Å². The van der Waals surface area contributed by atoms with Crippen LogP contribution in [0.15, 0.2) is 6.20 Å². The van der Waals surface area contributed by atoms with Crippen molar-refractivity contribution in [3.63, 3.8) is 0 Å². The van der Waals surface area contributed by atoms with Crippen LogP contribution in [0, 0.1) is 0 Å². The third-order valence-electron chi connectivity index (χ3n) is 2.20. The molecule has 1 heterocycles. The summed E-state index contributed by atoms with van der Waals surface area (Å²) in [6.45, 7) is 5.45. The van der Waals surface area contributed by atoms with Crippen molar-refractivity contribution >= 4 is 0 Å². The fraction of sp³-hybridized carbons (Fsp3) is 0.700. The van der Waals surface area contributed by atoms with Crippen molar-refractivity contribution in [3.8, 4) is 0 Å². The highest BCUT2D eigenvalue weighted by atomic mass is 15.1. The van der Waals surface area contributed by atoms with Crippen LogP contribution in [0.25, 0.3) is 0 Å². The quantitative estimate of drug-likeness (QED) is 0.679. The third-order valence-corrected chi connectivity index (χ3v) is 2.20. The predicted molar refractivity (Wildman–Crippen MR) is 54.9 cm³/mol. The summed E-state index contributed by atoms with van der Waals surface area (Å²) in [6, 6.07) is 0. The van der Waals surface area contributed by atoms with Crippen LogP contribution >= 0.6 is 0 Å². The maximum absolute atomic E-state index is 4.08. The molecular weight excluding hydrogens is 162 g/mol. The molecule has 0 aliphatic rings. The number of nitrogens with zero attached hydrogens (tertiary/aromatic N) is 1. The van der Waals surface area contributed by atoms with E-state index in [0.29, 0.717) is 5.92 Å². The summed E-state index contributed by atoms with van der Waals surface area (Å²) in [6.07, 6.45) is 4.24. The molecule has 13 heavy (non-hydrogen) atoms. The molecule has 3 heteroatoms. The summed E-state index contributed by atoms with van der Waals surface area (Å²) in [5.41, 5.74) is 2.65. The summed E-state index contributed by atoms with van der Waals surface area (Å²) in [5, 5.41) is 10.3. The number of rotatable bonds is 5. The van der Waals surface area contributed by atoms with Crippen molar-refractivity contribution in [1.82, 2.24) is 15.5 Å². The van der Waals surface area contributed by atoms with Crippen LogP contribution in [0.2, 0.25) is 0 Å². The average molecular weight is 181 g/mol. The maximum Gasteiger partial charge on any atom is 0.0522 e. The SMILES string of the molecule is CNCCCc1cn[nH]c1C(C)C. The molecule has 1 aromatic rings. The minimum absolute atomic E-state index is 0.548. The predicted octanol–water partition coefficient (Wildman–Crippen LogP) is 1.69. The number of aromatic nitrogens is 2. The number of hydrogen-bond acceptors (Lipinski definition) is 2. The second-order valence-corrected chi connectivity index (χ2v) is 3.67. The summed E-state index contributed by atoms with van der Waals surface area (Å²) < 4.78 is 0. The van der Waals surface area contributed by atoms with Crippen LogP contribution < -0.4 is 5.32 Å². The van der Waals surface area contributed by atoms with Gasteiger partial charge in [-0.25, -0.2) is 0 Å². The van der Waals surface area contributed by atoms with E-state index < -0.39 is 0 Å². The minimum atomic E-state index is 0.548. The summed E-state index contributed by atoms with van der Waals surface area (Å²) in [4.78, 5) is 0. The van der Waals surface area contributed by atoms with Crippen molar-refractivity contribution in [3.05, 3.63) is 17.5 Å². The van der Waals surface area contributed by atoms with Gasteiger partial charge in [0.2, 0.25) is 0 Å². The Hall–Kier alpha value is -0.830. The van der Waals surface area contributed by atoms with E-state index in [0.717, 1.165) is 13.0 Å². The van der Waals surface area contributed by atoms with E-state index in [-0.39, 0.29) is 0 Å². The van der Waals surface area contributed by atoms with E-state index in [9.17, 15) is 0 Å². The van der Waals surface area contributed by atoms with Crippen molar-refractivity contribution in [2.24, 2.45) is 0 Å². The van der Waals surface area contributed by atoms with E-state index in [4.69, 9.17) is 0 Å². The van der Waals surface area contributed by atoms with Gasteiger partial charge in [0.05, 0.1) is 6.20 Å². The highest BCUT2D eigenvalue weighted by molar-refractivity contribution is 5.19. The molecule has 3 nitrogen and oxygen atoms in total. The van der Waals surface area contributed by atoms with Gasteiger partial charge in [0, 0.05) is 5.69 Å². The molecule has 0 bridgehead atoms. The Morgan fingerprint density at radius 2 is 2.31 bits per heavy atom. The van der Waals surface area contributed by atoms with Gasteiger partial charge in [0.25, 0.3) is 0 Å². The zero-order chi connectivity index (χ0) is 9.68. The van der Waals surface area contributed by atoms with Gasteiger partial charge in [-0.1, -0.05) is 13.8 Å². The fourth-order valence-electron chi connectivity index (χ4n) is 1.48. The Bertz CT molecular complexity index is 240. The molecule has 1 rings (SSSR count). The first-order valence-electron chi connectivity index (χ1n) is 4.92. The first-order chi connectivity index (χ1) is 6.25. The van der Waals surface area contributed by atoms with Gasteiger partial charge in [0.15, 0.2) is 0 Å². The molecule has 0 saturated heterocycles. The molecule has 0 atom stereocenters. The van der Waals surface area contributed by atoms with E-state index in [2.05, 4.69) is 29.4 Å². The smallest absolute Gasteiger partial charge is 0.0522 e. The molecule has 2 N–H and O–H groups in total. The zero-order valence-electron chi connectivity index (χ0n) is 8.72. The number of nitrogens with one attached hydrogen (secondary N) is 2. The number of H-pyrrole nitrogens is 1. The largest absolute Gasteiger partial charge is 0.320 e. The van der Waals surface area contributed by atoms with Gasteiger partial charge in [-0.15, -0.1) is 0 Å². The van der Waals surface area contributed by atoms with Crippen LogP contribution in [0.4, 0.5) is 0 Å². The van der Waals surface area contributed by atoms with Gasteiger partial charge < -0.3 is 5.32 Å². The lowest BCUT2D eigenvalue weighted by atomic mass is 10.0. The van der Waals surface area contributed by atoms with Gasteiger partial charge in [-0.3, -0.25) is 5.10 Å². The number of aryl methyl sites for hydroxylation is 1. The molecule has 0 fully saturated rings. The number of hydrogen-bond donors (Lipinski definition) is 2. The zero-order valence-corrected chi connectivity index (χ0v) is 8.72. The Morgan fingerprint density at radius 3 is 2.92 bits per heavy atom. The molecular formula is C10H19N3. The monoisotopic (exact) mass is 181 g/mol. The normalized spacial score (nSPS) is 11.1. The lowest BCUT2D eigenvalue weighted by Crippen LogP contribution is -2.08. The second kappa shape index (κ2) is 5.02. The second-order valence-electron chi connectivity index (χ2n) is 3.67. The molecule has 0 aliphatic heterocycles. The van der Waals surface area contributed by atoms with Gasteiger partial charge in [-0.2, -0.15) is 5.10 Å². The molecule has 0 aromatic carbocycles. The maximum atomic E-state index is 4.08. The highest BCUT2D eigenvalue weighted by Gasteiger charge is 2.07. The Labute approximate surface area is 79.9 Å². The van der Waals surface area contributed by atoms with Gasteiger partial charge in [0.1, 0.15) is 0 Å². The molecule has 0 aliphatic carbocycles. The van der Waals surface area contributed by atoms with Crippen molar-refractivity contribution in [2.45, 2.75) is 32.6 Å². The first-order valence-corrected chi connectivity index (χ1v) is 4.92. The van der Waals surface area contributed by atoms with Gasteiger partial charge >= 0.3 is 0 Å². The van der Waals surface area contributed by atoms with Crippen LogP contribution in [-0.2, 0) is 6.42 Å². The third kappa shape index (κ3) is 2.84. The molecule has 0 amide bonds. The summed E-state index contributed by atoms with van der Waals surface area (Å²) >= 11 is 0. The molecule has 0 unspecified atom stereocenters. The lowest BCUT2D eigenvalue weighted by molar-refractivity contribution is 0.712. The van der Waals surface area contributed by atoms with E-state index in [1.807, 2.05) is 13.2 Å². The van der Waals surface area contributed by atoms with Crippen LogP contribution in [0.3, 0.4) is 0 Å². The lowest BCUT2D eigenvalue weighted by Gasteiger charge is -2.05. The Kier molecular flexibility index (Phi) is 3.96. The fourth-order valence-corrected chi connectivity index (χ4v) is 1.48. The highest BCUT2D eigenvalue weighted by Crippen LogP contribution is 2.16.